The van der Waals surface area contributed by atoms with Crippen molar-refractivity contribution in [3.05, 3.63) is 17.2 Å². The molecule has 25 heavy (non-hydrogen) atoms. The van der Waals surface area contributed by atoms with Crippen molar-refractivity contribution in [2.24, 2.45) is 5.92 Å². The Morgan fingerprint density at radius 2 is 1.92 bits per heavy atom. The summed E-state index contributed by atoms with van der Waals surface area (Å²) in [4.78, 5) is 12.1. The second kappa shape index (κ2) is 9.73. The lowest BCUT2D eigenvalue weighted by molar-refractivity contribution is -0.00232. The Bertz CT molecular complexity index is 582. The van der Waals surface area contributed by atoms with Crippen molar-refractivity contribution in [1.82, 2.24) is 5.32 Å². The van der Waals surface area contributed by atoms with Crippen molar-refractivity contribution in [3.8, 4) is 11.5 Å². The Kier molecular flexibility index (Phi) is 7.65. The quantitative estimate of drug-likeness (QED) is 0.710. The smallest absolute Gasteiger partial charge is 0.319 e. The van der Waals surface area contributed by atoms with Crippen LogP contribution in [-0.2, 0) is 4.74 Å². The molecule has 1 aromatic rings. The highest BCUT2D eigenvalue weighted by atomic mass is 35.5. The number of hydrogen-bond donors (Lipinski definition) is 2. The van der Waals surface area contributed by atoms with Crippen LogP contribution >= 0.6 is 11.6 Å². The topological polar surface area (TPSA) is 68.8 Å². The number of nitrogens with one attached hydrogen (secondary N) is 2. The Balaban J connectivity index is 1.80. The zero-order chi connectivity index (χ0) is 18.2. The Morgan fingerprint density at radius 1 is 1.20 bits per heavy atom. The van der Waals surface area contributed by atoms with Gasteiger partial charge in [0.25, 0.3) is 0 Å². The number of carbonyl (C=O) groups excluding carboxylic acids is 1. The minimum atomic E-state index is -0.331. The Morgan fingerprint density at radius 3 is 2.60 bits per heavy atom. The summed E-state index contributed by atoms with van der Waals surface area (Å²) in [5, 5.41) is 5.94. The fourth-order valence-electron chi connectivity index (χ4n) is 3.03. The number of anilines is 1. The molecule has 6 nitrogen and oxygen atoms in total. The lowest BCUT2D eigenvalue weighted by atomic mass is 9.88. The molecule has 0 saturated heterocycles. The minimum absolute atomic E-state index is 0.305. The average molecular weight is 371 g/mol. The van der Waals surface area contributed by atoms with E-state index >= 15 is 0 Å². The monoisotopic (exact) mass is 370 g/mol. The third kappa shape index (κ3) is 5.68. The second-order valence-electron chi connectivity index (χ2n) is 6.24. The molecule has 0 spiro atoms. The molecule has 2 atom stereocenters. The van der Waals surface area contributed by atoms with Gasteiger partial charge in [0.1, 0.15) is 11.5 Å². The lowest BCUT2D eigenvalue weighted by Gasteiger charge is -2.28. The van der Waals surface area contributed by atoms with Crippen LogP contribution < -0.4 is 20.1 Å². The third-order valence-corrected chi connectivity index (χ3v) is 4.77. The highest BCUT2D eigenvalue weighted by molar-refractivity contribution is 6.32. The van der Waals surface area contributed by atoms with Gasteiger partial charge < -0.3 is 24.8 Å². The summed E-state index contributed by atoms with van der Waals surface area (Å²) in [5.74, 6) is 1.52. The zero-order valence-electron chi connectivity index (χ0n) is 15.1. The maximum atomic E-state index is 12.1. The molecule has 0 aliphatic heterocycles. The van der Waals surface area contributed by atoms with Crippen LogP contribution in [0.5, 0.6) is 11.5 Å². The van der Waals surface area contributed by atoms with Crippen LogP contribution in [0.15, 0.2) is 12.1 Å². The molecule has 1 aromatic carbocycles. The van der Waals surface area contributed by atoms with Gasteiger partial charge in [-0.05, 0) is 18.8 Å². The molecular weight excluding hydrogens is 344 g/mol. The van der Waals surface area contributed by atoms with Crippen LogP contribution in [0.1, 0.15) is 32.6 Å². The average Bonchev–Trinajstić information content (AvgIpc) is 2.61. The molecule has 2 N–H and O–H groups in total. The summed E-state index contributed by atoms with van der Waals surface area (Å²) in [5.41, 5.74) is 0.489. The zero-order valence-corrected chi connectivity index (χ0v) is 15.8. The number of urea groups is 1. The Hall–Kier alpha value is -1.66. The molecule has 0 radical (unpaired) electrons. The van der Waals surface area contributed by atoms with Gasteiger partial charge in [-0.1, -0.05) is 31.4 Å². The van der Waals surface area contributed by atoms with E-state index in [1.807, 2.05) is 0 Å². The van der Waals surface area contributed by atoms with Gasteiger partial charge in [0.05, 0.1) is 37.6 Å². The normalized spacial score (nSPS) is 20.0. The maximum Gasteiger partial charge on any atom is 0.319 e. The molecule has 2 amide bonds. The Labute approximate surface area is 154 Å². The van der Waals surface area contributed by atoms with Crippen molar-refractivity contribution in [2.45, 2.75) is 38.7 Å². The molecule has 0 bridgehead atoms. The fraction of sp³-hybridized carbons (Fsp3) is 0.611. The summed E-state index contributed by atoms with van der Waals surface area (Å²) in [7, 11) is 3.03. The van der Waals surface area contributed by atoms with Gasteiger partial charge in [-0.3, -0.25) is 0 Å². The van der Waals surface area contributed by atoms with E-state index in [2.05, 4.69) is 17.6 Å². The minimum Gasteiger partial charge on any atom is -0.495 e. The van der Waals surface area contributed by atoms with Crippen molar-refractivity contribution in [3.63, 3.8) is 0 Å². The van der Waals surface area contributed by atoms with E-state index in [9.17, 15) is 4.79 Å². The van der Waals surface area contributed by atoms with Crippen LogP contribution in [0.4, 0.5) is 10.5 Å². The number of rotatable bonds is 7. The first-order chi connectivity index (χ1) is 12.0. The molecule has 7 heteroatoms. The molecule has 0 aromatic heterocycles. The van der Waals surface area contributed by atoms with E-state index in [1.165, 1.54) is 33.5 Å². The predicted octanol–water partition coefficient (Wildman–Crippen LogP) is 4.07. The predicted molar refractivity (Wildman–Crippen MR) is 98.9 cm³/mol. The van der Waals surface area contributed by atoms with E-state index in [0.717, 1.165) is 6.42 Å². The molecule has 2 rings (SSSR count). The molecule has 1 fully saturated rings. The molecule has 0 heterocycles. The van der Waals surface area contributed by atoms with E-state index in [1.54, 1.807) is 12.1 Å². The molecule has 0 unspecified atom stereocenters. The largest absolute Gasteiger partial charge is 0.495 e. The van der Waals surface area contributed by atoms with Crippen molar-refractivity contribution < 1.29 is 19.0 Å². The van der Waals surface area contributed by atoms with E-state index in [0.29, 0.717) is 47.4 Å². The van der Waals surface area contributed by atoms with E-state index in [-0.39, 0.29) is 6.03 Å². The molecule has 1 saturated carbocycles. The first-order valence-corrected chi connectivity index (χ1v) is 9.01. The van der Waals surface area contributed by atoms with Crippen LogP contribution in [0, 0.1) is 5.92 Å². The number of hydrogen-bond acceptors (Lipinski definition) is 4. The van der Waals surface area contributed by atoms with Gasteiger partial charge in [0, 0.05) is 18.7 Å². The SMILES string of the molecule is COc1cc(NC(=O)NCCO[C@H]2CCCC[C@H]2C)c(OC)cc1Cl. The van der Waals surface area contributed by atoms with Crippen LogP contribution in [0.3, 0.4) is 0 Å². The van der Waals surface area contributed by atoms with Gasteiger partial charge in [-0.25, -0.2) is 4.79 Å². The second-order valence-corrected chi connectivity index (χ2v) is 6.65. The first-order valence-electron chi connectivity index (χ1n) is 8.63. The summed E-state index contributed by atoms with van der Waals surface area (Å²) in [6, 6.07) is 2.90. The van der Waals surface area contributed by atoms with Gasteiger partial charge in [-0.15, -0.1) is 0 Å². The summed E-state index contributed by atoms with van der Waals surface area (Å²) < 4.78 is 16.3. The third-order valence-electron chi connectivity index (χ3n) is 4.47. The molecule has 1 aliphatic rings. The highest BCUT2D eigenvalue weighted by Crippen LogP contribution is 2.35. The number of ether oxygens (including phenoxy) is 3. The molecule has 1 aliphatic carbocycles. The number of halogens is 1. The number of methoxy groups -OCH3 is 2. The first kappa shape index (κ1) is 19.7. The highest BCUT2D eigenvalue weighted by Gasteiger charge is 2.21. The van der Waals surface area contributed by atoms with Crippen molar-refractivity contribution in [2.75, 3.05) is 32.7 Å². The number of benzene rings is 1. The maximum absolute atomic E-state index is 12.1. The number of amides is 2. The number of carbonyl (C=O) groups is 1. The molecule has 140 valence electrons. The lowest BCUT2D eigenvalue weighted by Crippen LogP contribution is -2.34. The summed E-state index contributed by atoms with van der Waals surface area (Å²) >= 11 is 6.05. The molecular formula is C18H27ClN2O4. The van der Waals surface area contributed by atoms with Gasteiger partial charge >= 0.3 is 6.03 Å². The van der Waals surface area contributed by atoms with Crippen LogP contribution in [-0.4, -0.2) is 39.5 Å². The fourth-order valence-corrected chi connectivity index (χ4v) is 3.26. The van der Waals surface area contributed by atoms with E-state index in [4.69, 9.17) is 25.8 Å². The van der Waals surface area contributed by atoms with Gasteiger partial charge in [-0.2, -0.15) is 0 Å². The van der Waals surface area contributed by atoms with Gasteiger partial charge in [0.2, 0.25) is 0 Å². The van der Waals surface area contributed by atoms with Crippen molar-refractivity contribution >= 4 is 23.3 Å². The van der Waals surface area contributed by atoms with E-state index < -0.39 is 0 Å². The van der Waals surface area contributed by atoms with Gasteiger partial charge in [0.15, 0.2) is 0 Å². The summed E-state index contributed by atoms with van der Waals surface area (Å²) in [6.45, 7) is 3.18. The summed E-state index contributed by atoms with van der Waals surface area (Å²) in [6.07, 6.45) is 5.14. The van der Waals surface area contributed by atoms with Crippen LogP contribution in [0.25, 0.3) is 0 Å². The van der Waals surface area contributed by atoms with Crippen LogP contribution in [0.2, 0.25) is 5.02 Å². The standard InChI is InChI=1S/C18H27ClN2O4/c1-12-6-4-5-7-15(12)25-9-8-20-18(22)21-14-11-16(23-2)13(19)10-17(14)24-3/h10-12,15H,4-9H2,1-3H3,(H2,20,21,22)/t12-,15+/m1/s1. The van der Waals surface area contributed by atoms with Crippen molar-refractivity contribution in [1.29, 1.82) is 0 Å².